The minimum Gasteiger partial charge on any atom is -0.476 e. The molecule has 1 aromatic heterocycles. The maximum Gasteiger partial charge on any atom is 0.392 e. The maximum absolute atomic E-state index is 11.1. The van der Waals surface area contributed by atoms with E-state index in [0.717, 1.165) is 25.7 Å². The zero-order chi connectivity index (χ0) is 14.5. The topological polar surface area (TPSA) is 99.4 Å². The summed E-state index contributed by atoms with van der Waals surface area (Å²) in [6.45, 7) is 0. The molecule has 2 atom stereocenters. The lowest BCUT2D eigenvalue weighted by molar-refractivity contribution is -0.387. The van der Waals surface area contributed by atoms with Crippen molar-refractivity contribution in [3.63, 3.8) is 0 Å². The lowest BCUT2D eigenvalue weighted by atomic mass is 9.92. The summed E-state index contributed by atoms with van der Waals surface area (Å²) in [4.78, 5) is 18.2. The van der Waals surface area contributed by atoms with Crippen LogP contribution in [-0.4, -0.2) is 41.2 Å². The van der Waals surface area contributed by atoms with Crippen molar-refractivity contribution in [3.8, 4) is 11.8 Å². The van der Waals surface area contributed by atoms with Crippen LogP contribution in [0.4, 0.5) is 5.69 Å². The van der Waals surface area contributed by atoms with Gasteiger partial charge in [0.15, 0.2) is 0 Å². The molecule has 2 rings (SSSR count). The molecule has 110 valence electrons. The van der Waals surface area contributed by atoms with Crippen molar-refractivity contribution in [2.45, 2.75) is 37.8 Å². The largest absolute Gasteiger partial charge is 0.476 e. The Morgan fingerprint density at radius 3 is 2.70 bits per heavy atom. The van der Waals surface area contributed by atoms with Crippen molar-refractivity contribution < 1.29 is 14.4 Å². The molecule has 0 amide bonds. The first kappa shape index (κ1) is 14.4. The average molecular weight is 282 g/mol. The minimum absolute atomic E-state index is 0.0333. The molecule has 0 saturated heterocycles. The molecule has 1 aliphatic carbocycles. The van der Waals surface area contributed by atoms with Gasteiger partial charge in [-0.15, -0.1) is 0 Å². The first-order valence-corrected chi connectivity index (χ1v) is 6.54. The van der Waals surface area contributed by atoms with Crippen LogP contribution in [0.15, 0.2) is 6.33 Å². The van der Waals surface area contributed by atoms with E-state index in [4.69, 9.17) is 9.47 Å². The van der Waals surface area contributed by atoms with Crippen molar-refractivity contribution in [3.05, 3.63) is 16.4 Å². The van der Waals surface area contributed by atoms with Gasteiger partial charge in [0.25, 0.3) is 0 Å². The van der Waals surface area contributed by atoms with Crippen LogP contribution in [0.3, 0.4) is 0 Å². The van der Waals surface area contributed by atoms with Crippen molar-refractivity contribution in [1.29, 1.82) is 0 Å². The van der Waals surface area contributed by atoms with Gasteiger partial charge in [0.05, 0.1) is 12.0 Å². The predicted molar refractivity (Wildman–Crippen MR) is 71.0 cm³/mol. The molecule has 20 heavy (non-hydrogen) atoms. The van der Waals surface area contributed by atoms with Gasteiger partial charge in [-0.1, -0.05) is 6.42 Å². The summed E-state index contributed by atoms with van der Waals surface area (Å²) in [5.41, 5.74) is -0.324. The number of methoxy groups -OCH3 is 1. The van der Waals surface area contributed by atoms with Gasteiger partial charge in [-0.2, -0.15) is 9.97 Å². The Morgan fingerprint density at radius 2 is 2.05 bits per heavy atom. The molecule has 1 aromatic rings. The quantitative estimate of drug-likeness (QED) is 0.641. The number of aromatic nitrogens is 2. The second-order valence-corrected chi connectivity index (χ2v) is 4.63. The van der Waals surface area contributed by atoms with Gasteiger partial charge in [-0.25, -0.2) is 0 Å². The van der Waals surface area contributed by atoms with Gasteiger partial charge in [-0.05, 0) is 26.3 Å². The minimum atomic E-state index is -0.578. The molecule has 1 heterocycles. The lowest BCUT2D eigenvalue weighted by Crippen LogP contribution is -2.43. The van der Waals surface area contributed by atoms with Crippen LogP contribution in [-0.2, 0) is 0 Å². The molecule has 8 heteroatoms. The number of nitrogens with zero attached hydrogens (tertiary/aromatic N) is 3. The van der Waals surface area contributed by atoms with Crippen molar-refractivity contribution in [2.75, 3.05) is 14.2 Å². The Kier molecular flexibility index (Phi) is 4.67. The number of ether oxygens (including phenoxy) is 2. The summed E-state index contributed by atoms with van der Waals surface area (Å²) in [7, 11) is 3.19. The molecule has 0 spiro atoms. The summed E-state index contributed by atoms with van der Waals surface area (Å²) < 4.78 is 10.7. The molecule has 1 fully saturated rings. The van der Waals surface area contributed by atoms with Gasteiger partial charge >= 0.3 is 17.4 Å². The summed E-state index contributed by atoms with van der Waals surface area (Å²) in [6, 6.07) is 0.171. The molecular weight excluding hydrogens is 264 g/mol. The van der Waals surface area contributed by atoms with E-state index in [9.17, 15) is 10.1 Å². The van der Waals surface area contributed by atoms with Crippen molar-refractivity contribution in [1.82, 2.24) is 15.3 Å². The molecule has 0 radical (unpaired) electrons. The van der Waals surface area contributed by atoms with Gasteiger partial charge in [0, 0.05) is 6.04 Å². The smallest absolute Gasteiger partial charge is 0.392 e. The predicted octanol–water partition coefficient (Wildman–Crippen LogP) is 1.30. The number of hydrogen-bond acceptors (Lipinski definition) is 7. The fourth-order valence-electron chi connectivity index (χ4n) is 2.45. The third-order valence-electron chi connectivity index (χ3n) is 3.47. The third kappa shape index (κ3) is 2.96. The normalized spacial score (nSPS) is 22.3. The Balaban J connectivity index is 2.26. The van der Waals surface area contributed by atoms with Crippen LogP contribution in [0.1, 0.15) is 25.7 Å². The SMILES string of the molecule is CNC1CCCCC1Oc1ncnc(OC)c1[N+](=O)[O-]. The van der Waals surface area contributed by atoms with E-state index in [1.165, 1.54) is 13.4 Å². The highest BCUT2D eigenvalue weighted by atomic mass is 16.6. The van der Waals surface area contributed by atoms with Crippen molar-refractivity contribution in [2.24, 2.45) is 0 Å². The Hall–Kier alpha value is -1.96. The van der Waals surface area contributed by atoms with E-state index in [-0.39, 0.29) is 29.6 Å². The van der Waals surface area contributed by atoms with E-state index in [1.807, 2.05) is 7.05 Å². The third-order valence-corrected chi connectivity index (χ3v) is 3.47. The molecule has 8 nitrogen and oxygen atoms in total. The second-order valence-electron chi connectivity index (χ2n) is 4.63. The number of nitrogens with one attached hydrogen (secondary N) is 1. The number of nitro groups is 1. The van der Waals surface area contributed by atoms with Crippen LogP contribution in [0.5, 0.6) is 11.8 Å². The van der Waals surface area contributed by atoms with Crippen molar-refractivity contribution >= 4 is 5.69 Å². The fraction of sp³-hybridized carbons (Fsp3) is 0.667. The van der Waals surface area contributed by atoms with Gasteiger partial charge < -0.3 is 14.8 Å². The lowest BCUT2D eigenvalue weighted by Gasteiger charge is -2.30. The molecule has 0 aliphatic heterocycles. The average Bonchev–Trinajstić information content (AvgIpc) is 2.47. The monoisotopic (exact) mass is 282 g/mol. The fourth-order valence-corrected chi connectivity index (χ4v) is 2.45. The Bertz CT molecular complexity index is 483. The van der Waals surface area contributed by atoms with E-state index in [1.54, 1.807) is 0 Å². The number of hydrogen-bond donors (Lipinski definition) is 1. The first-order chi connectivity index (χ1) is 9.67. The van der Waals surface area contributed by atoms with Crippen LogP contribution >= 0.6 is 0 Å². The van der Waals surface area contributed by atoms with Crippen LogP contribution < -0.4 is 14.8 Å². The maximum atomic E-state index is 11.1. The molecule has 1 saturated carbocycles. The molecule has 0 bridgehead atoms. The zero-order valence-corrected chi connectivity index (χ0v) is 11.5. The molecule has 0 aromatic carbocycles. The van der Waals surface area contributed by atoms with Gasteiger partial charge in [0.1, 0.15) is 12.4 Å². The standard InChI is InChI=1S/C12H18N4O4/c1-13-8-5-3-4-6-9(8)20-12-10(16(17)18)11(19-2)14-7-15-12/h7-9,13H,3-6H2,1-2H3. The van der Waals surface area contributed by atoms with E-state index in [0.29, 0.717) is 0 Å². The van der Waals surface area contributed by atoms with Gasteiger partial charge in [-0.3, -0.25) is 10.1 Å². The van der Waals surface area contributed by atoms with Crippen LogP contribution in [0.2, 0.25) is 0 Å². The molecular formula is C12H18N4O4. The highest BCUT2D eigenvalue weighted by Gasteiger charge is 2.31. The summed E-state index contributed by atoms with van der Waals surface area (Å²) >= 11 is 0. The number of rotatable bonds is 5. The van der Waals surface area contributed by atoms with E-state index in [2.05, 4.69) is 15.3 Å². The molecule has 2 unspecified atom stereocenters. The second kappa shape index (κ2) is 6.47. The Labute approximate surface area is 116 Å². The first-order valence-electron chi connectivity index (χ1n) is 6.54. The van der Waals surface area contributed by atoms with E-state index < -0.39 is 4.92 Å². The van der Waals surface area contributed by atoms with Crippen LogP contribution in [0.25, 0.3) is 0 Å². The number of likely N-dealkylation sites (N-methyl/N-ethyl adjacent to an activating group) is 1. The van der Waals surface area contributed by atoms with Gasteiger partial charge in [0.2, 0.25) is 0 Å². The van der Waals surface area contributed by atoms with E-state index >= 15 is 0 Å². The molecule has 1 aliphatic rings. The summed E-state index contributed by atoms with van der Waals surface area (Å²) in [5.74, 6) is -0.120. The van der Waals surface area contributed by atoms with Crippen LogP contribution in [0, 0.1) is 10.1 Å². The Morgan fingerprint density at radius 1 is 1.35 bits per heavy atom. The summed E-state index contributed by atoms with van der Waals surface area (Å²) in [6.07, 6.45) is 5.07. The summed E-state index contributed by atoms with van der Waals surface area (Å²) in [5, 5.41) is 14.3. The molecule has 1 N–H and O–H groups in total. The highest BCUT2D eigenvalue weighted by Crippen LogP contribution is 2.34. The highest BCUT2D eigenvalue weighted by molar-refractivity contribution is 5.49. The zero-order valence-electron chi connectivity index (χ0n) is 11.5.